The highest BCUT2D eigenvalue weighted by molar-refractivity contribution is 7.99. The molecule has 1 aliphatic carbocycles. The summed E-state index contributed by atoms with van der Waals surface area (Å²) in [6.45, 7) is 8.50. The first kappa shape index (κ1) is 27.5. The van der Waals surface area contributed by atoms with E-state index >= 15 is 0 Å². The van der Waals surface area contributed by atoms with Gasteiger partial charge in [0, 0.05) is 42.5 Å². The maximum Gasteiger partial charge on any atom is 0.410 e. The summed E-state index contributed by atoms with van der Waals surface area (Å²) >= 11 is 1.63. The van der Waals surface area contributed by atoms with Crippen molar-refractivity contribution in [1.29, 1.82) is 0 Å². The number of aliphatic hydroxyl groups is 1. The molecule has 36 heavy (non-hydrogen) atoms. The quantitative estimate of drug-likeness (QED) is 0.285. The fourth-order valence-corrected chi connectivity index (χ4v) is 6.97. The van der Waals surface area contributed by atoms with Gasteiger partial charge in [0.25, 0.3) is 0 Å². The van der Waals surface area contributed by atoms with Gasteiger partial charge in [-0.1, -0.05) is 19.9 Å². The van der Waals surface area contributed by atoms with Gasteiger partial charge in [-0.2, -0.15) is 0 Å². The highest BCUT2D eigenvalue weighted by Gasteiger charge is 2.70. The highest BCUT2D eigenvalue weighted by atomic mass is 32.2. The number of benzene rings is 1. The number of ether oxygens (including phenoxy) is 4. The average molecular weight is 523 g/mol. The minimum absolute atomic E-state index is 0.00901. The fraction of sp³-hybridized carbons (Fsp3) is 0.741. The van der Waals surface area contributed by atoms with Crippen LogP contribution in [0, 0.1) is 11.8 Å². The second-order valence-corrected chi connectivity index (χ2v) is 12.0. The molecular weight excluding hydrogens is 480 g/mol. The van der Waals surface area contributed by atoms with Gasteiger partial charge in [-0.15, -0.1) is 11.8 Å². The van der Waals surface area contributed by atoms with Gasteiger partial charge in [-0.3, -0.25) is 0 Å². The summed E-state index contributed by atoms with van der Waals surface area (Å²) in [6.07, 6.45) is 1.70. The Kier molecular flexibility index (Phi) is 8.77. The molecule has 0 aromatic heterocycles. The third kappa shape index (κ3) is 5.80. The zero-order chi connectivity index (χ0) is 25.9. The van der Waals surface area contributed by atoms with Crippen LogP contribution in [0.1, 0.15) is 46.5 Å². The van der Waals surface area contributed by atoms with Crippen molar-refractivity contribution >= 4 is 23.5 Å². The Hall–Kier alpha value is -1.52. The third-order valence-electron chi connectivity index (χ3n) is 8.08. The number of carbonyl (C=O) groups is 1. The summed E-state index contributed by atoms with van der Waals surface area (Å²) in [5.41, 5.74) is 4.94. The van der Waals surface area contributed by atoms with Gasteiger partial charge < -0.3 is 34.7 Å². The number of hydrogen-bond acceptors (Lipinski definition) is 8. The monoisotopic (exact) mass is 522 g/mol. The maximum absolute atomic E-state index is 12.9. The Balaban J connectivity index is 1.54. The topological polar surface area (TPSA) is 107 Å². The lowest BCUT2D eigenvalue weighted by atomic mass is 9.65. The van der Waals surface area contributed by atoms with E-state index in [-0.39, 0.29) is 18.1 Å². The Labute approximate surface area is 219 Å². The molecule has 0 spiro atoms. The number of amides is 1. The van der Waals surface area contributed by atoms with Gasteiger partial charge in [0.1, 0.15) is 23.4 Å². The van der Waals surface area contributed by atoms with Crippen molar-refractivity contribution in [2.75, 3.05) is 44.9 Å². The number of rotatable bonds is 9. The molecule has 1 aromatic carbocycles. The lowest BCUT2D eigenvalue weighted by Crippen LogP contribution is -2.63. The smallest absolute Gasteiger partial charge is 0.410 e. The van der Waals surface area contributed by atoms with E-state index in [0.29, 0.717) is 56.5 Å². The van der Waals surface area contributed by atoms with Crippen molar-refractivity contribution in [3.63, 3.8) is 0 Å². The summed E-state index contributed by atoms with van der Waals surface area (Å²) in [4.78, 5) is 15.6. The second-order valence-electron chi connectivity index (χ2n) is 10.9. The van der Waals surface area contributed by atoms with Crippen LogP contribution >= 0.6 is 11.8 Å². The molecule has 2 saturated heterocycles. The standard InChI is InChI=1S/C27H42N2O6S/c1-18(2)8-9-23-26(3,35-23)27(31)11-10-22(34-25(30)29-12-14-33-15-13-29)24(32-4)21(27)17-36-20-7-5-6-19(28)16-20/h5-7,16,18,21-24,31H,8-15,17,28H2,1-4H3. The molecule has 2 aliphatic heterocycles. The van der Waals surface area contributed by atoms with Crippen LogP contribution in [0.25, 0.3) is 0 Å². The van der Waals surface area contributed by atoms with Crippen molar-refractivity contribution in [2.24, 2.45) is 11.8 Å². The summed E-state index contributed by atoms with van der Waals surface area (Å²) in [5.74, 6) is 0.851. The number of epoxide rings is 1. The van der Waals surface area contributed by atoms with Gasteiger partial charge in [0.05, 0.1) is 19.3 Å². The molecule has 3 N–H and O–H groups in total. The Morgan fingerprint density at radius 3 is 2.75 bits per heavy atom. The van der Waals surface area contributed by atoms with E-state index in [0.717, 1.165) is 17.7 Å². The van der Waals surface area contributed by atoms with E-state index in [1.165, 1.54) is 0 Å². The SMILES string of the molecule is COC1C(OC(=O)N2CCOCC2)CCC(O)(C2(C)OC2CCC(C)C)C1CSc1cccc(N)c1. The zero-order valence-corrected chi connectivity index (χ0v) is 22.8. The minimum Gasteiger partial charge on any atom is -0.443 e. The first-order valence-electron chi connectivity index (χ1n) is 13.1. The van der Waals surface area contributed by atoms with E-state index in [4.69, 9.17) is 24.7 Å². The Morgan fingerprint density at radius 1 is 1.33 bits per heavy atom. The number of morpholine rings is 1. The molecule has 202 valence electrons. The number of carbonyl (C=O) groups excluding carboxylic acids is 1. The van der Waals surface area contributed by atoms with Gasteiger partial charge in [-0.25, -0.2) is 4.79 Å². The molecule has 0 bridgehead atoms. The number of hydrogen-bond donors (Lipinski definition) is 2. The molecular formula is C27H42N2O6S. The number of nitrogens with two attached hydrogens (primary N) is 1. The van der Waals surface area contributed by atoms with Gasteiger partial charge >= 0.3 is 6.09 Å². The van der Waals surface area contributed by atoms with E-state index in [2.05, 4.69) is 13.8 Å². The van der Waals surface area contributed by atoms with Crippen LogP contribution in [0.3, 0.4) is 0 Å². The molecule has 1 saturated carbocycles. The number of nitrogens with zero attached hydrogens (tertiary/aromatic N) is 1. The molecule has 1 aromatic rings. The molecule has 0 radical (unpaired) electrons. The van der Waals surface area contributed by atoms with Crippen molar-refractivity contribution in [3.8, 4) is 0 Å². The molecule has 9 heteroatoms. The van der Waals surface area contributed by atoms with Crippen molar-refractivity contribution in [2.45, 2.75) is 80.9 Å². The lowest BCUT2D eigenvalue weighted by molar-refractivity contribution is -0.179. The summed E-state index contributed by atoms with van der Waals surface area (Å²) in [6, 6.07) is 7.74. The Morgan fingerprint density at radius 2 is 2.08 bits per heavy atom. The normalized spacial score (nSPS) is 34.6. The number of methoxy groups -OCH3 is 1. The van der Waals surface area contributed by atoms with Crippen LogP contribution in [0.2, 0.25) is 0 Å². The van der Waals surface area contributed by atoms with Gasteiger partial charge in [-0.05, 0) is 56.7 Å². The summed E-state index contributed by atoms with van der Waals surface area (Å²) in [5, 5.41) is 12.3. The molecule has 3 fully saturated rings. The number of thioether (sulfide) groups is 1. The van der Waals surface area contributed by atoms with E-state index in [1.54, 1.807) is 23.8 Å². The minimum atomic E-state index is -1.11. The zero-order valence-electron chi connectivity index (χ0n) is 22.0. The summed E-state index contributed by atoms with van der Waals surface area (Å²) in [7, 11) is 1.64. The molecule has 2 heterocycles. The molecule has 3 aliphatic rings. The molecule has 6 unspecified atom stereocenters. The van der Waals surface area contributed by atoms with Crippen LogP contribution in [-0.2, 0) is 18.9 Å². The van der Waals surface area contributed by atoms with E-state index < -0.39 is 23.4 Å². The van der Waals surface area contributed by atoms with Gasteiger partial charge in [0.2, 0.25) is 0 Å². The van der Waals surface area contributed by atoms with Gasteiger partial charge in [0.15, 0.2) is 0 Å². The van der Waals surface area contributed by atoms with Crippen LogP contribution in [-0.4, -0.2) is 84.8 Å². The highest BCUT2D eigenvalue weighted by Crippen LogP contribution is 2.56. The molecule has 6 atom stereocenters. The predicted molar refractivity (Wildman–Crippen MR) is 140 cm³/mol. The first-order valence-corrected chi connectivity index (χ1v) is 14.1. The van der Waals surface area contributed by atoms with E-state index in [9.17, 15) is 9.90 Å². The van der Waals surface area contributed by atoms with E-state index in [1.807, 2.05) is 31.2 Å². The van der Waals surface area contributed by atoms with Crippen LogP contribution in [0.5, 0.6) is 0 Å². The number of anilines is 1. The second kappa shape index (κ2) is 11.5. The largest absolute Gasteiger partial charge is 0.443 e. The maximum atomic E-state index is 12.9. The van der Waals surface area contributed by atoms with Crippen LogP contribution in [0.4, 0.5) is 10.5 Å². The molecule has 1 amide bonds. The predicted octanol–water partition coefficient (Wildman–Crippen LogP) is 3.95. The van der Waals surface area contributed by atoms with Crippen molar-refractivity contribution in [3.05, 3.63) is 24.3 Å². The molecule has 4 rings (SSSR count). The first-order chi connectivity index (χ1) is 17.2. The van der Waals surface area contributed by atoms with Crippen molar-refractivity contribution < 1.29 is 28.8 Å². The fourth-order valence-electron chi connectivity index (χ4n) is 5.74. The Bertz CT molecular complexity index is 897. The lowest BCUT2D eigenvalue weighted by Gasteiger charge is -2.49. The van der Waals surface area contributed by atoms with Crippen LogP contribution < -0.4 is 5.73 Å². The average Bonchev–Trinajstić information content (AvgIpc) is 3.55. The van der Waals surface area contributed by atoms with Crippen molar-refractivity contribution in [1.82, 2.24) is 4.90 Å². The number of nitrogen functional groups attached to an aromatic ring is 1. The molecule has 8 nitrogen and oxygen atoms in total. The summed E-state index contributed by atoms with van der Waals surface area (Å²) < 4.78 is 23.6. The van der Waals surface area contributed by atoms with Crippen LogP contribution in [0.15, 0.2) is 29.2 Å². The third-order valence-corrected chi connectivity index (χ3v) is 9.19.